The molecule has 11 heavy (non-hydrogen) atoms. The van der Waals surface area contributed by atoms with Gasteiger partial charge in [0.2, 0.25) is 11.6 Å². The zero-order valence-corrected chi connectivity index (χ0v) is 6.46. The second-order valence-corrected chi connectivity index (χ2v) is 2.69. The fraction of sp³-hybridized carbons (Fsp3) is 0.714. The van der Waals surface area contributed by atoms with E-state index in [1.165, 1.54) is 0 Å². The standard InChI is InChI=1S/C7H12N2O2/c1-2-3-9-5-4(8)6(10)7(5)11/h4-5,9H,2-3,8H2,1H3. The molecule has 0 amide bonds. The summed E-state index contributed by atoms with van der Waals surface area (Å²) in [6.45, 7) is 2.72. The summed E-state index contributed by atoms with van der Waals surface area (Å²) in [5.74, 6) is -0.815. The summed E-state index contributed by atoms with van der Waals surface area (Å²) in [7, 11) is 0. The number of ketones is 2. The molecule has 1 aliphatic rings. The Bertz CT molecular complexity index is 191. The first kappa shape index (κ1) is 8.36. The molecule has 0 spiro atoms. The van der Waals surface area contributed by atoms with Gasteiger partial charge in [0.15, 0.2) is 0 Å². The van der Waals surface area contributed by atoms with Gasteiger partial charge < -0.3 is 11.1 Å². The van der Waals surface area contributed by atoms with Crippen LogP contribution in [0.2, 0.25) is 0 Å². The summed E-state index contributed by atoms with van der Waals surface area (Å²) in [5, 5.41) is 2.90. The fourth-order valence-electron chi connectivity index (χ4n) is 1.06. The molecule has 0 aromatic rings. The third kappa shape index (κ3) is 1.32. The normalized spacial score (nSPS) is 30.4. The highest BCUT2D eigenvalue weighted by Gasteiger charge is 2.46. The molecule has 0 aliphatic heterocycles. The van der Waals surface area contributed by atoms with E-state index in [1.54, 1.807) is 0 Å². The molecule has 0 radical (unpaired) electrons. The predicted octanol–water partition coefficient (Wildman–Crippen LogP) is -1.17. The van der Waals surface area contributed by atoms with Crippen LogP contribution < -0.4 is 11.1 Å². The maximum atomic E-state index is 10.8. The molecule has 0 heterocycles. The van der Waals surface area contributed by atoms with Crippen molar-refractivity contribution < 1.29 is 9.59 Å². The number of Topliss-reactive ketones (excluding diaryl/α,β-unsaturated/α-hetero) is 2. The van der Waals surface area contributed by atoms with Gasteiger partial charge in [-0.05, 0) is 13.0 Å². The topological polar surface area (TPSA) is 72.2 Å². The number of nitrogens with one attached hydrogen (secondary N) is 1. The van der Waals surface area contributed by atoms with Crippen LogP contribution in [-0.2, 0) is 9.59 Å². The molecule has 1 fully saturated rings. The van der Waals surface area contributed by atoms with Crippen LogP contribution in [0, 0.1) is 0 Å². The molecule has 1 rings (SSSR count). The van der Waals surface area contributed by atoms with Gasteiger partial charge >= 0.3 is 0 Å². The van der Waals surface area contributed by atoms with Gasteiger partial charge in [-0.1, -0.05) is 6.92 Å². The van der Waals surface area contributed by atoms with E-state index in [0.717, 1.165) is 13.0 Å². The van der Waals surface area contributed by atoms with E-state index in [2.05, 4.69) is 5.32 Å². The van der Waals surface area contributed by atoms with E-state index in [9.17, 15) is 9.59 Å². The smallest absolute Gasteiger partial charge is 0.219 e. The lowest BCUT2D eigenvalue weighted by Crippen LogP contribution is -2.68. The first-order valence-corrected chi connectivity index (χ1v) is 3.75. The van der Waals surface area contributed by atoms with Crippen molar-refractivity contribution in [1.29, 1.82) is 0 Å². The van der Waals surface area contributed by atoms with E-state index in [-0.39, 0.29) is 5.78 Å². The molecule has 0 aromatic heterocycles. The minimum absolute atomic E-state index is 0.369. The lowest BCUT2D eigenvalue weighted by atomic mass is 9.84. The molecule has 0 saturated heterocycles. The highest BCUT2D eigenvalue weighted by molar-refractivity contribution is 6.48. The third-order valence-electron chi connectivity index (χ3n) is 1.80. The SMILES string of the molecule is CCCNC1C(=O)C(=O)C1N. The van der Waals surface area contributed by atoms with E-state index in [4.69, 9.17) is 5.73 Å². The van der Waals surface area contributed by atoms with Crippen molar-refractivity contribution >= 4 is 11.6 Å². The summed E-state index contributed by atoms with van der Waals surface area (Å²) in [5.41, 5.74) is 5.36. The van der Waals surface area contributed by atoms with Crippen molar-refractivity contribution in [1.82, 2.24) is 5.32 Å². The van der Waals surface area contributed by atoms with Crippen LogP contribution in [0.4, 0.5) is 0 Å². The number of carbonyl (C=O) groups excluding carboxylic acids is 2. The van der Waals surface area contributed by atoms with Crippen LogP contribution >= 0.6 is 0 Å². The van der Waals surface area contributed by atoms with Gasteiger partial charge in [0.1, 0.15) is 0 Å². The minimum atomic E-state index is -0.603. The molecule has 0 bridgehead atoms. The lowest BCUT2D eigenvalue weighted by Gasteiger charge is -2.30. The first-order chi connectivity index (χ1) is 5.18. The molecular formula is C7H12N2O2. The van der Waals surface area contributed by atoms with Crippen molar-refractivity contribution in [2.24, 2.45) is 5.73 Å². The monoisotopic (exact) mass is 156 g/mol. The molecule has 4 nitrogen and oxygen atoms in total. The Morgan fingerprint density at radius 2 is 2.09 bits per heavy atom. The van der Waals surface area contributed by atoms with Gasteiger partial charge in [-0.15, -0.1) is 0 Å². The quantitative estimate of drug-likeness (QED) is 0.505. The largest absolute Gasteiger partial charge is 0.319 e. The Labute approximate surface area is 65.1 Å². The lowest BCUT2D eigenvalue weighted by molar-refractivity contribution is -0.146. The highest BCUT2D eigenvalue weighted by Crippen LogP contribution is 2.08. The number of rotatable bonds is 3. The number of hydrogen-bond donors (Lipinski definition) is 2. The molecular weight excluding hydrogens is 144 g/mol. The second kappa shape index (κ2) is 3.11. The van der Waals surface area contributed by atoms with Gasteiger partial charge in [0.25, 0.3) is 0 Å². The van der Waals surface area contributed by atoms with Crippen molar-refractivity contribution in [2.75, 3.05) is 6.54 Å². The Morgan fingerprint density at radius 3 is 2.55 bits per heavy atom. The highest BCUT2D eigenvalue weighted by atomic mass is 16.2. The molecule has 4 heteroatoms. The number of nitrogens with two attached hydrogens (primary N) is 1. The third-order valence-corrected chi connectivity index (χ3v) is 1.80. The second-order valence-electron chi connectivity index (χ2n) is 2.69. The molecule has 62 valence electrons. The minimum Gasteiger partial charge on any atom is -0.319 e. The Kier molecular flexibility index (Phi) is 2.36. The maximum absolute atomic E-state index is 10.8. The van der Waals surface area contributed by atoms with Crippen LogP contribution in [0.25, 0.3) is 0 Å². The zero-order chi connectivity index (χ0) is 8.43. The van der Waals surface area contributed by atoms with Crippen LogP contribution in [0.15, 0.2) is 0 Å². The van der Waals surface area contributed by atoms with Crippen molar-refractivity contribution in [3.05, 3.63) is 0 Å². The summed E-state index contributed by atoms with van der Waals surface area (Å²) in [6, 6.07) is -1.02. The molecule has 1 aliphatic carbocycles. The summed E-state index contributed by atoms with van der Waals surface area (Å²) < 4.78 is 0. The van der Waals surface area contributed by atoms with Crippen molar-refractivity contribution in [3.8, 4) is 0 Å². The Hall–Kier alpha value is -0.740. The summed E-state index contributed by atoms with van der Waals surface area (Å²) in [4.78, 5) is 21.4. The Morgan fingerprint density at radius 1 is 1.45 bits per heavy atom. The molecule has 2 atom stereocenters. The van der Waals surface area contributed by atoms with Gasteiger partial charge in [-0.25, -0.2) is 0 Å². The van der Waals surface area contributed by atoms with Gasteiger partial charge in [-0.3, -0.25) is 9.59 Å². The van der Waals surface area contributed by atoms with E-state index < -0.39 is 17.9 Å². The van der Waals surface area contributed by atoms with E-state index >= 15 is 0 Å². The predicted molar refractivity (Wildman–Crippen MR) is 40.1 cm³/mol. The number of carbonyl (C=O) groups is 2. The van der Waals surface area contributed by atoms with Gasteiger partial charge in [0.05, 0.1) is 12.1 Å². The van der Waals surface area contributed by atoms with E-state index in [0.29, 0.717) is 0 Å². The van der Waals surface area contributed by atoms with Crippen molar-refractivity contribution in [3.63, 3.8) is 0 Å². The van der Waals surface area contributed by atoms with E-state index in [1.807, 2.05) is 6.92 Å². The van der Waals surface area contributed by atoms with Crippen molar-refractivity contribution in [2.45, 2.75) is 25.4 Å². The average Bonchev–Trinajstić information content (AvgIpc) is 2.04. The van der Waals surface area contributed by atoms with Crippen LogP contribution in [0.5, 0.6) is 0 Å². The molecule has 3 N–H and O–H groups in total. The van der Waals surface area contributed by atoms with Gasteiger partial charge in [-0.2, -0.15) is 0 Å². The Balaban J connectivity index is 2.37. The first-order valence-electron chi connectivity index (χ1n) is 3.75. The molecule has 1 saturated carbocycles. The van der Waals surface area contributed by atoms with Crippen LogP contribution in [0.3, 0.4) is 0 Å². The average molecular weight is 156 g/mol. The van der Waals surface area contributed by atoms with Crippen LogP contribution in [-0.4, -0.2) is 30.2 Å². The fourth-order valence-corrected chi connectivity index (χ4v) is 1.06. The molecule has 0 aromatic carbocycles. The maximum Gasteiger partial charge on any atom is 0.219 e. The van der Waals surface area contributed by atoms with Gasteiger partial charge in [0, 0.05) is 0 Å². The number of hydrogen-bond acceptors (Lipinski definition) is 4. The summed E-state index contributed by atoms with van der Waals surface area (Å²) in [6.07, 6.45) is 0.935. The zero-order valence-electron chi connectivity index (χ0n) is 6.46. The molecule has 2 unspecified atom stereocenters. The summed E-state index contributed by atoms with van der Waals surface area (Å²) >= 11 is 0. The van der Waals surface area contributed by atoms with Crippen LogP contribution in [0.1, 0.15) is 13.3 Å².